The number of pyridine rings is 1. The largest absolute Gasteiger partial charge is 0.497 e. The summed E-state index contributed by atoms with van der Waals surface area (Å²) in [5.41, 5.74) is 4.41. The zero-order valence-electron chi connectivity index (χ0n) is 21.0. The van der Waals surface area contributed by atoms with Crippen LogP contribution in [0.2, 0.25) is 0 Å². The highest BCUT2D eigenvalue weighted by Crippen LogP contribution is 2.33. The highest BCUT2D eigenvalue weighted by atomic mass is 16.5. The van der Waals surface area contributed by atoms with E-state index in [0.717, 1.165) is 60.4 Å². The minimum absolute atomic E-state index is 0.359. The van der Waals surface area contributed by atoms with Crippen LogP contribution in [0.5, 0.6) is 11.5 Å². The van der Waals surface area contributed by atoms with Crippen molar-refractivity contribution in [3.63, 3.8) is 0 Å². The lowest BCUT2D eigenvalue weighted by molar-refractivity contribution is 0.0336. The Morgan fingerprint density at radius 2 is 1.65 bits per heavy atom. The van der Waals surface area contributed by atoms with Gasteiger partial charge >= 0.3 is 6.03 Å². The van der Waals surface area contributed by atoms with Crippen LogP contribution in [0.25, 0.3) is 21.9 Å². The zero-order valence-corrected chi connectivity index (χ0v) is 21.0. The summed E-state index contributed by atoms with van der Waals surface area (Å²) in [7, 11) is 3.14. The van der Waals surface area contributed by atoms with Gasteiger partial charge in [-0.25, -0.2) is 4.79 Å². The van der Waals surface area contributed by atoms with Gasteiger partial charge in [0, 0.05) is 60.7 Å². The molecule has 3 aromatic carbocycles. The quantitative estimate of drug-likeness (QED) is 0.355. The maximum absolute atomic E-state index is 12.9. The molecule has 8 heteroatoms. The second-order valence-corrected chi connectivity index (χ2v) is 8.81. The summed E-state index contributed by atoms with van der Waals surface area (Å²) in [6, 6.07) is 21.0. The minimum Gasteiger partial charge on any atom is -0.497 e. The molecule has 4 aromatic rings. The van der Waals surface area contributed by atoms with E-state index in [1.165, 1.54) is 0 Å². The third kappa shape index (κ3) is 5.82. The third-order valence-electron chi connectivity index (χ3n) is 6.41. The molecule has 2 heterocycles. The summed E-state index contributed by atoms with van der Waals surface area (Å²) in [5, 5.41) is 7.81. The van der Waals surface area contributed by atoms with Crippen LogP contribution in [0.1, 0.15) is 5.69 Å². The van der Waals surface area contributed by atoms with E-state index in [-0.39, 0.29) is 6.03 Å². The number of urea groups is 1. The lowest BCUT2D eigenvalue weighted by Gasteiger charge is -2.26. The van der Waals surface area contributed by atoms with Gasteiger partial charge in [0.15, 0.2) is 0 Å². The number of hydrogen-bond acceptors (Lipinski definition) is 6. The Bertz CT molecular complexity index is 1360. The second-order valence-electron chi connectivity index (χ2n) is 8.81. The van der Waals surface area contributed by atoms with Crippen molar-refractivity contribution in [1.29, 1.82) is 0 Å². The normalized spacial score (nSPS) is 13.8. The standard InChI is InChI=1S/C29H30N4O4/c1-35-23-15-22(16-24(17-23)36-2)31-29(34)32-28-10-9-25(26-5-3-4-6-27(26)28)20-7-8-21(30-18-20)19-33-11-13-37-14-12-33/h3-10,15-18H,11-14,19H2,1-2H3,(H2,31,32,34). The Morgan fingerprint density at radius 1 is 0.919 bits per heavy atom. The maximum Gasteiger partial charge on any atom is 0.323 e. The van der Waals surface area contributed by atoms with E-state index >= 15 is 0 Å². The molecular formula is C29H30N4O4. The summed E-state index contributed by atoms with van der Waals surface area (Å²) in [6.45, 7) is 4.23. The monoisotopic (exact) mass is 498 g/mol. The lowest BCUT2D eigenvalue weighted by Crippen LogP contribution is -2.35. The van der Waals surface area contributed by atoms with Crippen LogP contribution < -0.4 is 20.1 Å². The average molecular weight is 499 g/mol. The molecule has 0 saturated carbocycles. The molecule has 37 heavy (non-hydrogen) atoms. The molecule has 1 saturated heterocycles. The Hall–Kier alpha value is -4.14. The van der Waals surface area contributed by atoms with Gasteiger partial charge < -0.3 is 24.8 Å². The number of fused-ring (bicyclic) bond motifs is 1. The fraction of sp³-hybridized carbons (Fsp3) is 0.241. The first kappa shape index (κ1) is 24.5. The van der Waals surface area contributed by atoms with E-state index in [2.05, 4.69) is 33.7 Å². The lowest BCUT2D eigenvalue weighted by atomic mass is 9.98. The first-order valence-corrected chi connectivity index (χ1v) is 12.2. The van der Waals surface area contributed by atoms with E-state index in [1.807, 2.05) is 36.5 Å². The van der Waals surface area contributed by atoms with Gasteiger partial charge in [-0.1, -0.05) is 36.4 Å². The Kier molecular flexibility index (Phi) is 7.49. The van der Waals surface area contributed by atoms with Crippen LogP contribution in [-0.2, 0) is 11.3 Å². The molecule has 0 bridgehead atoms. The van der Waals surface area contributed by atoms with Gasteiger partial charge in [0.1, 0.15) is 11.5 Å². The van der Waals surface area contributed by atoms with Crippen LogP contribution in [0, 0.1) is 0 Å². The summed E-state index contributed by atoms with van der Waals surface area (Å²) >= 11 is 0. The first-order chi connectivity index (χ1) is 18.1. The second kappa shape index (κ2) is 11.3. The molecule has 1 aromatic heterocycles. The van der Waals surface area contributed by atoms with E-state index in [4.69, 9.17) is 19.2 Å². The van der Waals surface area contributed by atoms with Gasteiger partial charge in [-0.05, 0) is 23.1 Å². The number of benzene rings is 3. The number of nitrogens with one attached hydrogen (secondary N) is 2. The van der Waals surface area contributed by atoms with Crippen molar-refractivity contribution >= 4 is 28.2 Å². The zero-order chi connectivity index (χ0) is 25.6. The maximum atomic E-state index is 12.9. The topological polar surface area (TPSA) is 85.0 Å². The Balaban J connectivity index is 1.35. The SMILES string of the molecule is COc1cc(NC(=O)Nc2ccc(-c3ccc(CN4CCOCC4)nc3)c3ccccc23)cc(OC)c1. The van der Waals surface area contributed by atoms with Crippen LogP contribution in [0.3, 0.4) is 0 Å². The highest BCUT2D eigenvalue weighted by molar-refractivity contribution is 6.09. The van der Waals surface area contributed by atoms with Crippen molar-refractivity contribution in [2.24, 2.45) is 0 Å². The predicted octanol–water partition coefficient (Wildman–Crippen LogP) is 5.40. The molecule has 0 spiro atoms. The number of morpholine rings is 1. The number of nitrogens with zero attached hydrogens (tertiary/aromatic N) is 2. The van der Waals surface area contributed by atoms with Crippen molar-refractivity contribution in [1.82, 2.24) is 9.88 Å². The molecule has 1 fully saturated rings. The van der Waals surface area contributed by atoms with Gasteiger partial charge in [-0.2, -0.15) is 0 Å². The van der Waals surface area contributed by atoms with Crippen molar-refractivity contribution < 1.29 is 19.0 Å². The summed E-state index contributed by atoms with van der Waals surface area (Å²) in [6.07, 6.45) is 1.92. The molecule has 2 amide bonds. The van der Waals surface area contributed by atoms with Crippen molar-refractivity contribution in [2.45, 2.75) is 6.54 Å². The molecular weight excluding hydrogens is 468 g/mol. The smallest absolute Gasteiger partial charge is 0.323 e. The number of hydrogen-bond donors (Lipinski definition) is 2. The number of carbonyl (C=O) groups excluding carboxylic acids is 1. The molecule has 8 nitrogen and oxygen atoms in total. The Labute approximate surface area is 216 Å². The van der Waals surface area contributed by atoms with Crippen LogP contribution >= 0.6 is 0 Å². The fourth-order valence-corrected chi connectivity index (χ4v) is 4.49. The van der Waals surface area contributed by atoms with Gasteiger partial charge in [0.2, 0.25) is 0 Å². The summed E-state index contributed by atoms with van der Waals surface area (Å²) < 4.78 is 16.0. The Morgan fingerprint density at radius 3 is 2.32 bits per heavy atom. The number of ether oxygens (including phenoxy) is 3. The first-order valence-electron chi connectivity index (χ1n) is 12.2. The average Bonchev–Trinajstić information content (AvgIpc) is 2.94. The van der Waals surface area contributed by atoms with Crippen LogP contribution in [-0.4, -0.2) is 56.4 Å². The van der Waals surface area contributed by atoms with Gasteiger partial charge in [0.25, 0.3) is 0 Å². The van der Waals surface area contributed by atoms with E-state index < -0.39 is 0 Å². The van der Waals surface area contributed by atoms with Crippen molar-refractivity contribution in [2.75, 3.05) is 51.2 Å². The van der Waals surface area contributed by atoms with E-state index in [9.17, 15) is 4.79 Å². The molecule has 190 valence electrons. The van der Waals surface area contributed by atoms with Crippen molar-refractivity contribution in [3.8, 4) is 22.6 Å². The summed E-state index contributed by atoms with van der Waals surface area (Å²) in [4.78, 5) is 19.9. The molecule has 1 aliphatic rings. The molecule has 0 radical (unpaired) electrons. The molecule has 2 N–H and O–H groups in total. The predicted molar refractivity (Wildman–Crippen MR) is 145 cm³/mol. The number of amides is 2. The van der Waals surface area contributed by atoms with Gasteiger partial charge in [0.05, 0.1) is 38.8 Å². The number of aromatic nitrogens is 1. The fourth-order valence-electron chi connectivity index (χ4n) is 4.49. The number of rotatable bonds is 7. The third-order valence-corrected chi connectivity index (χ3v) is 6.41. The van der Waals surface area contributed by atoms with E-state index in [1.54, 1.807) is 32.4 Å². The molecule has 1 aliphatic heterocycles. The van der Waals surface area contributed by atoms with Gasteiger partial charge in [-0.15, -0.1) is 0 Å². The summed E-state index contributed by atoms with van der Waals surface area (Å²) in [5.74, 6) is 1.18. The molecule has 0 atom stereocenters. The molecule has 5 rings (SSSR count). The molecule has 0 unspecified atom stereocenters. The molecule has 0 aliphatic carbocycles. The number of anilines is 2. The van der Waals surface area contributed by atoms with E-state index in [0.29, 0.717) is 22.9 Å². The van der Waals surface area contributed by atoms with Gasteiger partial charge in [-0.3, -0.25) is 9.88 Å². The minimum atomic E-state index is -0.359. The number of carbonyl (C=O) groups is 1. The number of methoxy groups -OCH3 is 2. The van der Waals surface area contributed by atoms with Crippen molar-refractivity contribution in [3.05, 3.63) is 78.6 Å². The van der Waals surface area contributed by atoms with Crippen LogP contribution in [0.4, 0.5) is 16.2 Å². The highest BCUT2D eigenvalue weighted by Gasteiger charge is 2.14. The van der Waals surface area contributed by atoms with Crippen LogP contribution in [0.15, 0.2) is 72.9 Å².